The Labute approximate surface area is 84.1 Å². The van der Waals surface area contributed by atoms with E-state index in [9.17, 15) is 4.79 Å². The van der Waals surface area contributed by atoms with Crippen LogP contribution in [0.15, 0.2) is 30.3 Å². The zero-order valence-corrected chi connectivity index (χ0v) is 8.27. The quantitative estimate of drug-likeness (QED) is 0.685. The van der Waals surface area contributed by atoms with Crippen LogP contribution in [0.3, 0.4) is 0 Å². The molecule has 0 fully saturated rings. The number of nitrogens with one attached hydrogen (secondary N) is 1. The zero-order valence-electron chi connectivity index (χ0n) is 8.27. The number of carbonyl (C=O) groups excluding carboxylic acids is 1. The molecule has 0 saturated heterocycles. The molecular formula is C11H15NO2. The van der Waals surface area contributed by atoms with Crippen molar-refractivity contribution in [3.05, 3.63) is 35.9 Å². The molecule has 1 N–H and O–H groups in total. The van der Waals surface area contributed by atoms with E-state index >= 15 is 0 Å². The summed E-state index contributed by atoms with van der Waals surface area (Å²) in [7, 11) is 1.74. The molecule has 0 unspecified atom stereocenters. The Hall–Kier alpha value is -1.19. The van der Waals surface area contributed by atoms with Gasteiger partial charge in [0.25, 0.3) is 0 Å². The smallest absolute Gasteiger partial charge is 0.139 e. The molecule has 3 nitrogen and oxygen atoms in total. The summed E-state index contributed by atoms with van der Waals surface area (Å²) in [4.78, 5) is 10.4. The van der Waals surface area contributed by atoms with Crippen molar-refractivity contribution in [2.45, 2.75) is 12.6 Å². The molecule has 0 aliphatic heterocycles. The minimum absolute atomic E-state index is 0.210. The van der Waals surface area contributed by atoms with Gasteiger partial charge in [0.15, 0.2) is 0 Å². The minimum atomic E-state index is -0.210. The molecular weight excluding hydrogens is 178 g/mol. The molecule has 1 aromatic rings. The molecule has 0 bridgehead atoms. The standard InChI is InChI=1S/C11H15NO2/c1-12-11(7-13)9-14-8-10-5-3-2-4-6-10/h2-7,11-12H,8-9H2,1H3/t11-/m1/s1. The third-order valence-electron chi connectivity index (χ3n) is 1.94. The van der Waals surface area contributed by atoms with Gasteiger partial charge >= 0.3 is 0 Å². The highest BCUT2D eigenvalue weighted by molar-refractivity contribution is 5.57. The number of aldehydes is 1. The lowest BCUT2D eigenvalue weighted by Gasteiger charge is -2.09. The summed E-state index contributed by atoms with van der Waals surface area (Å²) in [5, 5.41) is 2.84. The summed E-state index contributed by atoms with van der Waals surface area (Å²) < 4.78 is 5.37. The van der Waals surface area contributed by atoms with E-state index in [0.717, 1.165) is 11.8 Å². The van der Waals surface area contributed by atoms with E-state index in [1.54, 1.807) is 7.05 Å². The molecule has 0 radical (unpaired) electrons. The summed E-state index contributed by atoms with van der Waals surface area (Å²) in [5.41, 5.74) is 1.12. The van der Waals surface area contributed by atoms with Crippen molar-refractivity contribution < 1.29 is 9.53 Å². The van der Waals surface area contributed by atoms with Gasteiger partial charge in [-0.25, -0.2) is 0 Å². The van der Waals surface area contributed by atoms with E-state index in [-0.39, 0.29) is 6.04 Å². The minimum Gasteiger partial charge on any atom is -0.375 e. The number of hydrogen-bond donors (Lipinski definition) is 1. The topological polar surface area (TPSA) is 38.3 Å². The van der Waals surface area contributed by atoms with Gasteiger partial charge in [-0.3, -0.25) is 0 Å². The van der Waals surface area contributed by atoms with Gasteiger partial charge in [0, 0.05) is 0 Å². The van der Waals surface area contributed by atoms with Crippen LogP contribution in [0, 0.1) is 0 Å². The highest BCUT2D eigenvalue weighted by atomic mass is 16.5. The summed E-state index contributed by atoms with van der Waals surface area (Å²) in [5.74, 6) is 0. The Morgan fingerprint density at radius 3 is 2.71 bits per heavy atom. The predicted molar refractivity (Wildman–Crippen MR) is 55.0 cm³/mol. The molecule has 3 heteroatoms. The van der Waals surface area contributed by atoms with E-state index in [2.05, 4.69) is 5.32 Å². The molecule has 0 aliphatic carbocycles. The molecule has 0 aromatic heterocycles. The first-order chi connectivity index (χ1) is 6.86. The monoisotopic (exact) mass is 193 g/mol. The lowest BCUT2D eigenvalue weighted by Crippen LogP contribution is -2.31. The van der Waals surface area contributed by atoms with E-state index in [1.807, 2.05) is 30.3 Å². The fourth-order valence-corrected chi connectivity index (χ4v) is 1.07. The Bertz CT molecular complexity index is 261. The molecule has 0 spiro atoms. The summed E-state index contributed by atoms with van der Waals surface area (Å²) in [6.45, 7) is 0.960. The first kappa shape index (κ1) is 10.9. The molecule has 0 heterocycles. The van der Waals surface area contributed by atoms with Crippen molar-refractivity contribution >= 4 is 6.29 Å². The van der Waals surface area contributed by atoms with E-state index < -0.39 is 0 Å². The molecule has 1 rings (SSSR count). The summed E-state index contributed by atoms with van der Waals surface area (Å²) in [6, 6.07) is 9.68. The van der Waals surface area contributed by atoms with Crippen LogP contribution in [-0.2, 0) is 16.1 Å². The predicted octanol–water partition coefficient (Wildman–Crippen LogP) is 0.990. The highest BCUT2D eigenvalue weighted by Crippen LogP contribution is 2.00. The van der Waals surface area contributed by atoms with Crippen LogP contribution < -0.4 is 5.32 Å². The van der Waals surface area contributed by atoms with Gasteiger partial charge < -0.3 is 14.8 Å². The molecule has 1 aromatic carbocycles. The lowest BCUT2D eigenvalue weighted by atomic mass is 10.2. The van der Waals surface area contributed by atoms with Crippen molar-refractivity contribution in [3.8, 4) is 0 Å². The number of carbonyl (C=O) groups is 1. The number of rotatable bonds is 6. The average Bonchev–Trinajstić information content (AvgIpc) is 2.26. The van der Waals surface area contributed by atoms with Gasteiger partial charge in [-0.1, -0.05) is 30.3 Å². The van der Waals surface area contributed by atoms with Gasteiger partial charge in [0.1, 0.15) is 6.29 Å². The van der Waals surface area contributed by atoms with Crippen molar-refractivity contribution in [3.63, 3.8) is 0 Å². The normalized spacial score (nSPS) is 12.4. The zero-order chi connectivity index (χ0) is 10.2. The van der Waals surface area contributed by atoms with E-state index in [4.69, 9.17) is 4.74 Å². The fourth-order valence-electron chi connectivity index (χ4n) is 1.07. The lowest BCUT2D eigenvalue weighted by molar-refractivity contribution is -0.110. The molecule has 0 aliphatic rings. The summed E-state index contributed by atoms with van der Waals surface area (Å²) >= 11 is 0. The van der Waals surface area contributed by atoms with Crippen LogP contribution in [0.25, 0.3) is 0 Å². The Morgan fingerprint density at radius 1 is 1.43 bits per heavy atom. The number of benzene rings is 1. The maximum absolute atomic E-state index is 10.4. The Balaban J connectivity index is 2.25. The summed E-state index contributed by atoms with van der Waals surface area (Å²) in [6.07, 6.45) is 0.852. The molecule has 0 amide bonds. The van der Waals surface area contributed by atoms with Gasteiger partial charge in [0.05, 0.1) is 19.3 Å². The Kier molecular flexibility index (Phi) is 4.89. The van der Waals surface area contributed by atoms with E-state index in [0.29, 0.717) is 13.2 Å². The average molecular weight is 193 g/mol. The number of hydrogen-bond acceptors (Lipinski definition) is 3. The third kappa shape index (κ3) is 3.68. The highest BCUT2D eigenvalue weighted by Gasteiger charge is 2.02. The van der Waals surface area contributed by atoms with Gasteiger partial charge in [-0.15, -0.1) is 0 Å². The fraction of sp³-hybridized carbons (Fsp3) is 0.364. The largest absolute Gasteiger partial charge is 0.375 e. The van der Waals surface area contributed by atoms with Crippen LogP contribution in [0.2, 0.25) is 0 Å². The first-order valence-electron chi connectivity index (χ1n) is 4.61. The maximum atomic E-state index is 10.4. The molecule has 0 saturated carbocycles. The third-order valence-corrected chi connectivity index (χ3v) is 1.94. The van der Waals surface area contributed by atoms with Crippen molar-refractivity contribution in [1.29, 1.82) is 0 Å². The van der Waals surface area contributed by atoms with Crippen LogP contribution in [0.1, 0.15) is 5.56 Å². The first-order valence-corrected chi connectivity index (χ1v) is 4.61. The van der Waals surface area contributed by atoms with Crippen molar-refractivity contribution in [2.24, 2.45) is 0 Å². The van der Waals surface area contributed by atoms with Crippen molar-refractivity contribution in [1.82, 2.24) is 5.32 Å². The van der Waals surface area contributed by atoms with Gasteiger partial charge in [-0.05, 0) is 12.6 Å². The van der Waals surface area contributed by atoms with Gasteiger partial charge in [0.2, 0.25) is 0 Å². The second kappa shape index (κ2) is 6.29. The molecule has 76 valence electrons. The second-order valence-corrected chi connectivity index (χ2v) is 3.03. The van der Waals surface area contributed by atoms with E-state index in [1.165, 1.54) is 0 Å². The number of ether oxygens (including phenoxy) is 1. The maximum Gasteiger partial charge on any atom is 0.139 e. The van der Waals surface area contributed by atoms with Gasteiger partial charge in [-0.2, -0.15) is 0 Å². The van der Waals surface area contributed by atoms with Crippen LogP contribution in [0.4, 0.5) is 0 Å². The molecule has 14 heavy (non-hydrogen) atoms. The Morgan fingerprint density at radius 2 is 2.14 bits per heavy atom. The second-order valence-electron chi connectivity index (χ2n) is 3.03. The SMILES string of the molecule is CN[C@H](C=O)COCc1ccccc1. The van der Waals surface area contributed by atoms with Crippen LogP contribution in [0.5, 0.6) is 0 Å². The van der Waals surface area contributed by atoms with Crippen molar-refractivity contribution in [2.75, 3.05) is 13.7 Å². The molecule has 1 atom stereocenters. The van der Waals surface area contributed by atoms with Crippen LogP contribution in [-0.4, -0.2) is 26.0 Å². The number of likely N-dealkylation sites (N-methyl/N-ethyl adjacent to an activating group) is 1. The van der Waals surface area contributed by atoms with Crippen LogP contribution >= 0.6 is 0 Å².